The molecule has 0 bridgehead atoms. The first kappa shape index (κ1) is 29.9. The molecule has 0 unspecified atom stereocenters. The minimum atomic E-state index is -0.833. The highest BCUT2D eigenvalue weighted by molar-refractivity contribution is 5.77. The van der Waals surface area contributed by atoms with Gasteiger partial charge < -0.3 is 30.5 Å². The average Bonchev–Trinajstić information content (AvgIpc) is 3.01. The molecular formula is C26H40N4O5. The van der Waals surface area contributed by atoms with Gasteiger partial charge in [-0.3, -0.25) is 9.59 Å². The van der Waals surface area contributed by atoms with Gasteiger partial charge in [0.2, 0.25) is 5.91 Å². The number of benzene rings is 1. The zero-order chi connectivity index (χ0) is 25.9. The molecule has 1 aliphatic heterocycles. The van der Waals surface area contributed by atoms with Crippen LogP contribution in [-0.4, -0.2) is 66.3 Å². The first-order valence-corrected chi connectivity index (χ1v) is 12.1. The number of carbonyl (C=O) groups excluding carboxylic acids is 1. The molecule has 0 saturated heterocycles. The molecule has 2 aromatic rings. The Hall–Kier alpha value is -3.17. The Morgan fingerprint density at radius 3 is 2.60 bits per heavy atom. The van der Waals surface area contributed by atoms with E-state index >= 15 is 0 Å². The van der Waals surface area contributed by atoms with E-state index in [4.69, 9.17) is 25.1 Å². The second kappa shape index (κ2) is 18.2. The minimum Gasteiger partial charge on any atom is -0.494 e. The van der Waals surface area contributed by atoms with Gasteiger partial charge in [-0.2, -0.15) is 0 Å². The minimum absolute atomic E-state index is 0.167. The van der Waals surface area contributed by atoms with E-state index in [1.165, 1.54) is 5.56 Å². The number of carboxylic acids is 1. The van der Waals surface area contributed by atoms with Crippen LogP contribution >= 0.6 is 0 Å². The highest BCUT2D eigenvalue weighted by Gasteiger charge is 2.20. The molecule has 0 fully saturated rings. The molecule has 0 aliphatic carbocycles. The number of hydrogen-bond acceptors (Lipinski definition) is 7. The molecule has 0 spiro atoms. The molecule has 9 heteroatoms. The number of nitrogens with one attached hydrogen (secondary N) is 1. The van der Waals surface area contributed by atoms with Crippen molar-refractivity contribution in [3.05, 3.63) is 53.7 Å². The maximum Gasteiger partial charge on any atom is 0.300 e. The molecule has 0 saturated carbocycles. The van der Waals surface area contributed by atoms with E-state index in [2.05, 4.69) is 22.4 Å². The van der Waals surface area contributed by atoms with E-state index in [9.17, 15) is 4.79 Å². The maximum atomic E-state index is 12.4. The number of nitrogens with two attached hydrogens (primary N) is 1. The summed E-state index contributed by atoms with van der Waals surface area (Å²) in [6.07, 6.45) is 3.94. The van der Waals surface area contributed by atoms with Crippen molar-refractivity contribution in [3.63, 3.8) is 0 Å². The van der Waals surface area contributed by atoms with E-state index in [-0.39, 0.29) is 5.91 Å². The summed E-state index contributed by atoms with van der Waals surface area (Å²) >= 11 is 0. The number of pyridine rings is 1. The monoisotopic (exact) mass is 488 g/mol. The normalized spacial score (nSPS) is 12.2. The second-order valence-electron chi connectivity index (χ2n) is 7.51. The Morgan fingerprint density at radius 2 is 1.91 bits per heavy atom. The third kappa shape index (κ3) is 12.8. The largest absolute Gasteiger partial charge is 0.494 e. The van der Waals surface area contributed by atoms with Crippen molar-refractivity contribution in [3.8, 4) is 5.75 Å². The summed E-state index contributed by atoms with van der Waals surface area (Å²) in [5, 5.41) is 10.7. The van der Waals surface area contributed by atoms with Crippen LogP contribution in [-0.2, 0) is 27.3 Å². The Labute approximate surface area is 208 Å². The first-order chi connectivity index (χ1) is 17.0. The summed E-state index contributed by atoms with van der Waals surface area (Å²) in [5.41, 5.74) is 7.81. The first-order valence-electron chi connectivity index (χ1n) is 12.1. The fourth-order valence-electron chi connectivity index (χ4n) is 3.29. The zero-order valence-electron chi connectivity index (χ0n) is 21.2. The van der Waals surface area contributed by atoms with E-state index < -0.39 is 5.97 Å². The lowest BCUT2D eigenvalue weighted by atomic mass is 10.0. The van der Waals surface area contributed by atoms with E-state index in [1.807, 2.05) is 43.0 Å². The summed E-state index contributed by atoms with van der Waals surface area (Å²) in [6, 6.07) is 11.9. The third-order valence-electron chi connectivity index (χ3n) is 4.83. The van der Waals surface area contributed by atoms with Crippen molar-refractivity contribution in [2.75, 3.05) is 44.8 Å². The third-order valence-corrected chi connectivity index (χ3v) is 4.83. The topological polar surface area (TPSA) is 127 Å². The van der Waals surface area contributed by atoms with Gasteiger partial charge in [0, 0.05) is 45.7 Å². The van der Waals surface area contributed by atoms with Gasteiger partial charge >= 0.3 is 0 Å². The number of nitrogens with zero attached hydrogens (tertiary/aromatic N) is 2. The predicted octanol–water partition coefficient (Wildman–Crippen LogP) is 3.33. The Balaban J connectivity index is 0.000000926. The second-order valence-corrected chi connectivity index (χ2v) is 7.51. The van der Waals surface area contributed by atoms with Crippen LogP contribution in [0.1, 0.15) is 44.7 Å². The van der Waals surface area contributed by atoms with Crippen LogP contribution in [0.3, 0.4) is 0 Å². The maximum absolute atomic E-state index is 12.4. The number of hydrogen-bond donors (Lipinski definition) is 3. The smallest absolute Gasteiger partial charge is 0.300 e. The fraction of sp³-hybridized carbons (Fsp3) is 0.500. The van der Waals surface area contributed by atoms with Gasteiger partial charge in [-0.05, 0) is 48.2 Å². The quantitative estimate of drug-likeness (QED) is 0.411. The number of ether oxygens (including phenoxy) is 2. The van der Waals surface area contributed by atoms with Gasteiger partial charge in [0.15, 0.2) is 0 Å². The van der Waals surface area contributed by atoms with Gasteiger partial charge in [0.1, 0.15) is 11.6 Å². The number of fused-ring (bicyclic) bond motifs is 1. The Morgan fingerprint density at radius 1 is 1.14 bits per heavy atom. The molecule has 35 heavy (non-hydrogen) atoms. The molecule has 1 aliphatic rings. The summed E-state index contributed by atoms with van der Waals surface area (Å²) in [7, 11) is 0. The SMILES string of the molecule is CC.CC(=O)O.NCCOCCN1Cc2cc(OCCCNc3ccccn3)ccc2CCC1=O. The van der Waals surface area contributed by atoms with Crippen molar-refractivity contribution >= 4 is 17.7 Å². The highest BCUT2D eigenvalue weighted by atomic mass is 16.5. The van der Waals surface area contributed by atoms with Crippen LogP contribution in [0.25, 0.3) is 0 Å². The average molecular weight is 489 g/mol. The van der Waals surface area contributed by atoms with Gasteiger partial charge in [-0.1, -0.05) is 26.0 Å². The van der Waals surface area contributed by atoms with Crippen LogP contribution < -0.4 is 15.8 Å². The van der Waals surface area contributed by atoms with Gasteiger partial charge in [-0.25, -0.2) is 4.98 Å². The molecule has 3 rings (SSSR count). The summed E-state index contributed by atoms with van der Waals surface area (Å²) in [5.74, 6) is 1.05. The molecule has 1 aromatic carbocycles. The molecule has 194 valence electrons. The number of carboxylic acid groups (broad SMARTS) is 1. The van der Waals surface area contributed by atoms with Crippen LogP contribution in [0.2, 0.25) is 0 Å². The molecule has 2 heterocycles. The van der Waals surface area contributed by atoms with Crippen molar-refractivity contribution in [1.29, 1.82) is 0 Å². The van der Waals surface area contributed by atoms with Crippen molar-refractivity contribution in [2.24, 2.45) is 5.73 Å². The number of rotatable bonds is 11. The Bertz CT molecular complexity index is 860. The van der Waals surface area contributed by atoms with Crippen molar-refractivity contribution in [2.45, 2.75) is 46.6 Å². The number of aliphatic carboxylic acids is 1. The molecule has 0 atom stereocenters. The lowest BCUT2D eigenvalue weighted by molar-refractivity contribution is -0.134. The van der Waals surface area contributed by atoms with Crippen LogP contribution in [0.4, 0.5) is 5.82 Å². The zero-order valence-corrected chi connectivity index (χ0v) is 21.2. The predicted molar refractivity (Wildman–Crippen MR) is 138 cm³/mol. The number of aromatic nitrogens is 1. The van der Waals surface area contributed by atoms with E-state index in [1.54, 1.807) is 6.20 Å². The van der Waals surface area contributed by atoms with E-state index in [0.29, 0.717) is 45.9 Å². The number of aryl methyl sites for hydroxylation is 1. The summed E-state index contributed by atoms with van der Waals surface area (Å²) in [6.45, 7) is 9.21. The molecule has 9 nitrogen and oxygen atoms in total. The molecule has 1 amide bonds. The highest BCUT2D eigenvalue weighted by Crippen LogP contribution is 2.24. The lowest BCUT2D eigenvalue weighted by Crippen LogP contribution is -2.32. The van der Waals surface area contributed by atoms with Crippen LogP contribution in [0.15, 0.2) is 42.6 Å². The Kier molecular flexibility index (Phi) is 15.5. The summed E-state index contributed by atoms with van der Waals surface area (Å²) < 4.78 is 11.4. The fourth-order valence-corrected chi connectivity index (χ4v) is 3.29. The summed E-state index contributed by atoms with van der Waals surface area (Å²) in [4.78, 5) is 27.5. The van der Waals surface area contributed by atoms with Crippen LogP contribution in [0.5, 0.6) is 5.75 Å². The van der Waals surface area contributed by atoms with Crippen molar-refractivity contribution < 1.29 is 24.2 Å². The molecule has 1 aromatic heterocycles. The number of anilines is 1. The lowest BCUT2D eigenvalue weighted by Gasteiger charge is -2.21. The van der Waals surface area contributed by atoms with Crippen LogP contribution in [0, 0.1) is 0 Å². The van der Waals surface area contributed by atoms with Gasteiger partial charge in [0.05, 0.1) is 19.8 Å². The number of amides is 1. The molecule has 0 radical (unpaired) electrons. The molecule has 4 N–H and O–H groups in total. The molecular weight excluding hydrogens is 448 g/mol. The van der Waals surface area contributed by atoms with Gasteiger partial charge in [0.25, 0.3) is 5.97 Å². The van der Waals surface area contributed by atoms with E-state index in [0.717, 1.165) is 43.4 Å². The number of carbonyl (C=O) groups is 2. The standard InChI is InChI=1S/C22H30N4O3.C2H4O2.C2H6/c23-9-14-28-15-12-26-17-19-16-20(7-5-18(19)6-8-22(26)27)29-13-3-11-25-21-4-1-2-10-24-21;1-2(3)4;1-2/h1-2,4-5,7,10,16H,3,6,8-9,11-15,17,23H2,(H,24,25);1H3,(H,3,4);1-2H3. The van der Waals surface area contributed by atoms with Gasteiger partial charge in [-0.15, -0.1) is 0 Å². The van der Waals surface area contributed by atoms with Crippen molar-refractivity contribution in [1.82, 2.24) is 9.88 Å².